The van der Waals surface area contributed by atoms with Crippen LogP contribution in [0.3, 0.4) is 0 Å². The standard InChI is InChI=1S/C27H53NO10/c1-5-6-7-8-9-10-25(29)37-24-23-36-22-21-35-20-19-34-18-17-33-16-15-32-14-13-31-12-11-28-26(30)38-27(2,3)4/h5-24H2,1-4H3,(H,28,30). The number of esters is 1. The second-order valence-electron chi connectivity index (χ2n) is 9.49. The largest absolute Gasteiger partial charge is 0.463 e. The zero-order valence-electron chi connectivity index (χ0n) is 24.2. The van der Waals surface area contributed by atoms with Crippen LogP contribution in [0.25, 0.3) is 0 Å². The normalized spacial score (nSPS) is 11.5. The average molecular weight is 552 g/mol. The van der Waals surface area contributed by atoms with Crippen LogP contribution in [0.4, 0.5) is 4.79 Å². The number of ether oxygens (including phenoxy) is 8. The Balaban J connectivity index is 3.17. The van der Waals surface area contributed by atoms with Crippen molar-refractivity contribution in [2.45, 2.75) is 71.8 Å². The first kappa shape index (κ1) is 36.5. The van der Waals surface area contributed by atoms with Crippen LogP contribution >= 0.6 is 0 Å². The van der Waals surface area contributed by atoms with E-state index in [0.29, 0.717) is 92.2 Å². The molecule has 0 rings (SSSR count). The first-order chi connectivity index (χ1) is 18.3. The predicted molar refractivity (Wildman–Crippen MR) is 143 cm³/mol. The summed E-state index contributed by atoms with van der Waals surface area (Å²) in [5.41, 5.74) is -0.509. The topological polar surface area (TPSA) is 120 Å². The van der Waals surface area contributed by atoms with Gasteiger partial charge in [-0.2, -0.15) is 0 Å². The van der Waals surface area contributed by atoms with Crippen LogP contribution in [-0.2, 0) is 42.7 Å². The summed E-state index contributed by atoms with van der Waals surface area (Å²) in [6, 6.07) is 0. The molecule has 0 aromatic carbocycles. The van der Waals surface area contributed by atoms with Crippen molar-refractivity contribution in [2.24, 2.45) is 0 Å². The Labute approximate surface area is 229 Å². The highest BCUT2D eigenvalue weighted by molar-refractivity contribution is 5.69. The maximum absolute atomic E-state index is 11.6. The lowest BCUT2D eigenvalue weighted by Crippen LogP contribution is -2.34. The molecule has 0 unspecified atom stereocenters. The van der Waals surface area contributed by atoms with Crippen LogP contribution in [0.15, 0.2) is 0 Å². The summed E-state index contributed by atoms with van der Waals surface area (Å²) in [5, 5.41) is 2.62. The van der Waals surface area contributed by atoms with Crippen molar-refractivity contribution in [3.63, 3.8) is 0 Å². The van der Waals surface area contributed by atoms with Crippen LogP contribution in [0.1, 0.15) is 66.2 Å². The highest BCUT2D eigenvalue weighted by atomic mass is 16.6. The van der Waals surface area contributed by atoms with Gasteiger partial charge in [0.25, 0.3) is 0 Å². The van der Waals surface area contributed by atoms with Gasteiger partial charge in [0.2, 0.25) is 0 Å². The van der Waals surface area contributed by atoms with E-state index in [0.717, 1.165) is 12.8 Å². The van der Waals surface area contributed by atoms with Crippen molar-refractivity contribution in [1.82, 2.24) is 5.32 Å². The number of amides is 1. The molecule has 11 nitrogen and oxygen atoms in total. The van der Waals surface area contributed by atoms with Crippen molar-refractivity contribution < 1.29 is 47.5 Å². The number of hydrogen-bond acceptors (Lipinski definition) is 10. The third kappa shape index (κ3) is 30.7. The molecule has 0 atom stereocenters. The smallest absolute Gasteiger partial charge is 0.407 e. The van der Waals surface area contributed by atoms with Gasteiger partial charge < -0.3 is 43.2 Å². The summed E-state index contributed by atoms with van der Waals surface area (Å²) >= 11 is 0. The Morgan fingerprint density at radius 1 is 0.579 bits per heavy atom. The SMILES string of the molecule is CCCCCCCC(=O)OCCOCCOCCOCCOCCOCCOCCNC(=O)OC(C)(C)C. The molecule has 0 saturated heterocycles. The number of carbonyl (C=O) groups is 2. The minimum atomic E-state index is -0.509. The fraction of sp³-hybridized carbons (Fsp3) is 0.926. The molecule has 0 aromatic heterocycles. The third-order valence-corrected chi connectivity index (χ3v) is 4.75. The van der Waals surface area contributed by atoms with Crippen molar-refractivity contribution >= 4 is 12.1 Å². The summed E-state index contributed by atoms with van der Waals surface area (Å²) < 4.78 is 42.7. The van der Waals surface area contributed by atoms with E-state index in [1.165, 1.54) is 19.3 Å². The molecule has 0 heterocycles. The zero-order chi connectivity index (χ0) is 28.2. The Morgan fingerprint density at radius 3 is 1.45 bits per heavy atom. The lowest BCUT2D eigenvalue weighted by atomic mass is 10.1. The van der Waals surface area contributed by atoms with E-state index in [1.54, 1.807) is 0 Å². The molecule has 0 spiro atoms. The number of hydrogen-bond donors (Lipinski definition) is 1. The van der Waals surface area contributed by atoms with Gasteiger partial charge in [-0.1, -0.05) is 32.6 Å². The van der Waals surface area contributed by atoms with Gasteiger partial charge in [0.05, 0.1) is 79.3 Å². The molecule has 0 aliphatic rings. The van der Waals surface area contributed by atoms with Crippen LogP contribution in [0.2, 0.25) is 0 Å². The molecule has 11 heteroatoms. The molecule has 0 fully saturated rings. The highest BCUT2D eigenvalue weighted by Gasteiger charge is 2.15. The quantitative estimate of drug-likeness (QED) is 0.120. The van der Waals surface area contributed by atoms with Crippen LogP contribution in [0.5, 0.6) is 0 Å². The van der Waals surface area contributed by atoms with Gasteiger partial charge in [0, 0.05) is 13.0 Å². The van der Waals surface area contributed by atoms with E-state index < -0.39 is 11.7 Å². The fourth-order valence-electron chi connectivity index (χ4n) is 2.90. The molecular weight excluding hydrogens is 498 g/mol. The van der Waals surface area contributed by atoms with Crippen molar-refractivity contribution in [1.29, 1.82) is 0 Å². The van der Waals surface area contributed by atoms with E-state index >= 15 is 0 Å². The van der Waals surface area contributed by atoms with E-state index in [4.69, 9.17) is 37.9 Å². The van der Waals surface area contributed by atoms with Gasteiger partial charge in [-0.3, -0.25) is 4.79 Å². The second kappa shape index (κ2) is 27.1. The van der Waals surface area contributed by atoms with Crippen molar-refractivity contribution in [3.05, 3.63) is 0 Å². The number of carbonyl (C=O) groups excluding carboxylic acids is 2. The van der Waals surface area contributed by atoms with Crippen LogP contribution in [0, 0.1) is 0 Å². The number of unbranched alkanes of at least 4 members (excludes halogenated alkanes) is 4. The zero-order valence-corrected chi connectivity index (χ0v) is 24.2. The van der Waals surface area contributed by atoms with Crippen LogP contribution in [-0.4, -0.2) is 110 Å². The molecule has 0 saturated carbocycles. The van der Waals surface area contributed by atoms with Gasteiger partial charge in [0.15, 0.2) is 0 Å². The minimum Gasteiger partial charge on any atom is -0.463 e. The molecular formula is C27H53NO10. The number of nitrogens with one attached hydrogen (secondary N) is 1. The Bertz CT molecular complexity index is 542. The van der Waals surface area contributed by atoms with Crippen LogP contribution < -0.4 is 5.32 Å². The van der Waals surface area contributed by atoms with Crippen molar-refractivity contribution in [2.75, 3.05) is 92.4 Å². The number of alkyl carbamates (subject to hydrolysis) is 1. The van der Waals surface area contributed by atoms with E-state index in [-0.39, 0.29) is 12.6 Å². The number of rotatable bonds is 27. The fourth-order valence-corrected chi connectivity index (χ4v) is 2.90. The maximum Gasteiger partial charge on any atom is 0.407 e. The average Bonchev–Trinajstić information content (AvgIpc) is 2.86. The Kier molecular flexibility index (Phi) is 26.0. The first-order valence-corrected chi connectivity index (χ1v) is 13.9. The molecule has 226 valence electrons. The highest BCUT2D eigenvalue weighted by Crippen LogP contribution is 2.06. The lowest BCUT2D eigenvalue weighted by Gasteiger charge is -2.19. The molecule has 0 aliphatic heterocycles. The Hall–Kier alpha value is -1.50. The Morgan fingerprint density at radius 2 is 1.00 bits per heavy atom. The molecule has 1 amide bonds. The molecule has 38 heavy (non-hydrogen) atoms. The van der Waals surface area contributed by atoms with Gasteiger partial charge in [-0.25, -0.2) is 4.79 Å². The van der Waals surface area contributed by atoms with E-state index in [2.05, 4.69) is 12.2 Å². The maximum atomic E-state index is 11.6. The summed E-state index contributed by atoms with van der Waals surface area (Å²) in [5.74, 6) is -0.150. The molecule has 1 N–H and O–H groups in total. The predicted octanol–water partition coefficient (Wildman–Crippen LogP) is 3.51. The van der Waals surface area contributed by atoms with Crippen molar-refractivity contribution in [3.8, 4) is 0 Å². The van der Waals surface area contributed by atoms with E-state index in [1.807, 2.05) is 20.8 Å². The summed E-state index contributed by atoms with van der Waals surface area (Å²) in [6.45, 7) is 13.7. The van der Waals surface area contributed by atoms with Gasteiger partial charge in [-0.05, 0) is 27.2 Å². The van der Waals surface area contributed by atoms with Gasteiger partial charge in [-0.15, -0.1) is 0 Å². The summed E-state index contributed by atoms with van der Waals surface area (Å²) in [7, 11) is 0. The van der Waals surface area contributed by atoms with E-state index in [9.17, 15) is 9.59 Å². The molecule has 0 radical (unpaired) electrons. The molecule has 0 aromatic rings. The molecule has 0 bridgehead atoms. The summed E-state index contributed by atoms with van der Waals surface area (Å²) in [4.78, 5) is 23.0. The molecule has 0 aliphatic carbocycles. The summed E-state index contributed by atoms with van der Waals surface area (Å²) in [6.07, 6.45) is 5.61. The van der Waals surface area contributed by atoms with Gasteiger partial charge >= 0.3 is 12.1 Å². The minimum absolute atomic E-state index is 0.150. The first-order valence-electron chi connectivity index (χ1n) is 13.9. The van der Waals surface area contributed by atoms with Gasteiger partial charge in [0.1, 0.15) is 12.2 Å². The third-order valence-electron chi connectivity index (χ3n) is 4.75. The lowest BCUT2D eigenvalue weighted by molar-refractivity contribution is -0.145. The monoisotopic (exact) mass is 551 g/mol. The second-order valence-corrected chi connectivity index (χ2v) is 9.49.